The third-order valence-electron chi connectivity index (χ3n) is 3.03. The van der Waals surface area contributed by atoms with Crippen LogP contribution < -0.4 is 10.6 Å². The van der Waals surface area contributed by atoms with E-state index in [1.807, 2.05) is 13.8 Å². The van der Waals surface area contributed by atoms with Gasteiger partial charge in [-0.2, -0.15) is 0 Å². The van der Waals surface area contributed by atoms with Crippen molar-refractivity contribution in [1.82, 2.24) is 10.1 Å². The average Bonchev–Trinajstić information content (AvgIpc) is 2.78. The number of aromatic nitrogens is 2. The summed E-state index contributed by atoms with van der Waals surface area (Å²) in [6, 6.07) is 1.57. The lowest BCUT2D eigenvalue weighted by molar-refractivity contribution is 0.102. The van der Waals surface area contributed by atoms with Crippen molar-refractivity contribution in [1.29, 1.82) is 0 Å². The van der Waals surface area contributed by atoms with E-state index in [0.29, 0.717) is 22.3 Å². The maximum Gasteiger partial charge on any atom is 0.259 e. The van der Waals surface area contributed by atoms with Gasteiger partial charge in [0.15, 0.2) is 0 Å². The maximum atomic E-state index is 12.1. The summed E-state index contributed by atoms with van der Waals surface area (Å²) in [4.78, 5) is 16.3. The Hall–Kier alpha value is -2.08. The molecule has 112 valence electrons. The van der Waals surface area contributed by atoms with Gasteiger partial charge in [-0.05, 0) is 26.3 Å². The zero-order valence-corrected chi connectivity index (χ0v) is 12.9. The Morgan fingerprint density at radius 1 is 1.43 bits per heavy atom. The highest BCUT2D eigenvalue weighted by atomic mass is 35.5. The molecule has 2 heterocycles. The topological polar surface area (TPSA) is 80.0 Å². The average molecular weight is 309 g/mol. The van der Waals surface area contributed by atoms with Crippen LogP contribution in [0.4, 0.5) is 11.7 Å². The number of carbonyl (C=O) groups is 1. The van der Waals surface area contributed by atoms with Crippen molar-refractivity contribution in [2.24, 2.45) is 0 Å². The maximum absolute atomic E-state index is 12.1. The van der Waals surface area contributed by atoms with Crippen LogP contribution in [0.1, 0.15) is 35.0 Å². The minimum atomic E-state index is -0.342. The third-order valence-corrected chi connectivity index (χ3v) is 3.32. The standard InChI is InChI=1S/C14H17ClN4O2/c1-4-5-16-12-11(15)6-10(7-17-12)13(20)18-14-8(2)9(3)19-21-14/h6-7H,4-5H2,1-3H3,(H,16,17)(H,18,20). The molecule has 2 aromatic rings. The van der Waals surface area contributed by atoms with E-state index in [1.165, 1.54) is 6.20 Å². The molecule has 0 radical (unpaired) electrons. The molecule has 0 saturated carbocycles. The van der Waals surface area contributed by atoms with Crippen LogP contribution in [0.25, 0.3) is 0 Å². The van der Waals surface area contributed by atoms with Crippen molar-refractivity contribution in [3.05, 3.63) is 34.1 Å². The fourth-order valence-corrected chi connectivity index (χ4v) is 1.88. The van der Waals surface area contributed by atoms with Crippen molar-refractivity contribution in [2.75, 3.05) is 17.2 Å². The number of nitrogens with one attached hydrogen (secondary N) is 2. The predicted octanol–water partition coefficient (Wildman–Crippen LogP) is 3.41. The molecule has 2 rings (SSSR count). The minimum Gasteiger partial charge on any atom is -0.369 e. The van der Waals surface area contributed by atoms with E-state index in [9.17, 15) is 4.79 Å². The summed E-state index contributed by atoms with van der Waals surface area (Å²) in [7, 11) is 0. The van der Waals surface area contributed by atoms with Gasteiger partial charge in [-0.1, -0.05) is 23.7 Å². The van der Waals surface area contributed by atoms with Crippen LogP contribution in [0.15, 0.2) is 16.8 Å². The Labute approximate surface area is 127 Å². The van der Waals surface area contributed by atoms with E-state index in [2.05, 4.69) is 20.8 Å². The van der Waals surface area contributed by atoms with Gasteiger partial charge in [0, 0.05) is 18.3 Å². The van der Waals surface area contributed by atoms with Crippen molar-refractivity contribution in [3.8, 4) is 0 Å². The molecular formula is C14H17ClN4O2. The summed E-state index contributed by atoms with van der Waals surface area (Å²) in [5, 5.41) is 9.93. The number of anilines is 2. The highest BCUT2D eigenvalue weighted by Crippen LogP contribution is 2.22. The van der Waals surface area contributed by atoms with E-state index in [0.717, 1.165) is 24.2 Å². The van der Waals surface area contributed by atoms with Crippen LogP contribution in [0, 0.1) is 13.8 Å². The van der Waals surface area contributed by atoms with E-state index >= 15 is 0 Å². The second kappa shape index (κ2) is 6.58. The predicted molar refractivity (Wildman–Crippen MR) is 82.0 cm³/mol. The first-order valence-electron chi connectivity index (χ1n) is 6.66. The fourth-order valence-electron chi connectivity index (χ4n) is 1.64. The molecule has 21 heavy (non-hydrogen) atoms. The highest BCUT2D eigenvalue weighted by molar-refractivity contribution is 6.33. The molecule has 0 atom stereocenters. The van der Waals surface area contributed by atoms with Gasteiger partial charge in [0.2, 0.25) is 5.88 Å². The molecule has 0 aromatic carbocycles. The first kappa shape index (κ1) is 15.3. The van der Waals surface area contributed by atoms with Crippen molar-refractivity contribution in [2.45, 2.75) is 27.2 Å². The Morgan fingerprint density at radius 2 is 2.19 bits per heavy atom. The summed E-state index contributed by atoms with van der Waals surface area (Å²) < 4.78 is 5.05. The molecule has 0 aliphatic rings. The summed E-state index contributed by atoms with van der Waals surface area (Å²) in [6.45, 7) is 6.45. The summed E-state index contributed by atoms with van der Waals surface area (Å²) in [5.74, 6) is 0.564. The highest BCUT2D eigenvalue weighted by Gasteiger charge is 2.15. The SMILES string of the molecule is CCCNc1ncc(C(=O)Nc2onc(C)c2C)cc1Cl. The van der Waals surface area contributed by atoms with Crippen LogP contribution in [-0.4, -0.2) is 22.6 Å². The monoisotopic (exact) mass is 308 g/mol. The van der Waals surface area contributed by atoms with Crippen LogP contribution >= 0.6 is 11.6 Å². The van der Waals surface area contributed by atoms with Crippen molar-refractivity contribution >= 4 is 29.2 Å². The van der Waals surface area contributed by atoms with Crippen LogP contribution in [0.2, 0.25) is 5.02 Å². The van der Waals surface area contributed by atoms with Gasteiger partial charge in [0.25, 0.3) is 5.91 Å². The molecule has 2 N–H and O–H groups in total. The van der Waals surface area contributed by atoms with Gasteiger partial charge in [0.05, 0.1) is 16.3 Å². The molecule has 0 unspecified atom stereocenters. The molecule has 7 heteroatoms. The number of amides is 1. The molecule has 0 aliphatic heterocycles. The lowest BCUT2D eigenvalue weighted by Crippen LogP contribution is -2.13. The van der Waals surface area contributed by atoms with Crippen LogP contribution in [-0.2, 0) is 0 Å². The molecule has 6 nitrogen and oxygen atoms in total. The molecule has 0 bridgehead atoms. The lowest BCUT2D eigenvalue weighted by atomic mass is 10.2. The van der Waals surface area contributed by atoms with Gasteiger partial charge >= 0.3 is 0 Å². The Kier molecular flexibility index (Phi) is 4.80. The Bertz CT molecular complexity index is 654. The quantitative estimate of drug-likeness (QED) is 0.884. The van der Waals surface area contributed by atoms with Gasteiger partial charge in [0.1, 0.15) is 5.82 Å². The van der Waals surface area contributed by atoms with E-state index < -0.39 is 0 Å². The van der Waals surface area contributed by atoms with Crippen molar-refractivity contribution in [3.63, 3.8) is 0 Å². The van der Waals surface area contributed by atoms with Gasteiger partial charge < -0.3 is 9.84 Å². The number of carbonyl (C=O) groups excluding carboxylic acids is 1. The Morgan fingerprint density at radius 3 is 2.76 bits per heavy atom. The molecule has 0 aliphatic carbocycles. The second-order valence-corrected chi connectivity index (χ2v) is 5.06. The second-order valence-electron chi connectivity index (χ2n) is 4.66. The minimum absolute atomic E-state index is 0.335. The van der Waals surface area contributed by atoms with Gasteiger partial charge in [-0.15, -0.1) is 0 Å². The molecule has 0 saturated heterocycles. The molecular weight excluding hydrogens is 292 g/mol. The summed E-state index contributed by atoms with van der Waals surface area (Å²) >= 11 is 6.11. The number of hydrogen-bond donors (Lipinski definition) is 2. The largest absolute Gasteiger partial charge is 0.369 e. The third kappa shape index (κ3) is 3.52. The number of hydrogen-bond acceptors (Lipinski definition) is 5. The Balaban J connectivity index is 2.12. The van der Waals surface area contributed by atoms with E-state index in [1.54, 1.807) is 13.0 Å². The van der Waals surface area contributed by atoms with Crippen molar-refractivity contribution < 1.29 is 9.32 Å². The number of aryl methyl sites for hydroxylation is 1. The normalized spacial score (nSPS) is 10.5. The van der Waals surface area contributed by atoms with E-state index in [-0.39, 0.29) is 5.91 Å². The zero-order chi connectivity index (χ0) is 15.4. The molecule has 2 aromatic heterocycles. The van der Waals surface area contributed by atoms with Gasteiger partial charge in [-0.3, -0.25) is 10.1 Å². The van der Waals surface area contributed by atoms with E-state index in [4.69, 9.17) is 16.1 Å². The molecule has 0 spiro atoms. The number of pyridine rings is 1. The van der Waals surface area contributed by atoms with Crippen LogP contribution in [0.5, 0.6) is 0 Å². The number of rotatable bonds is 5. The number of halogens is 1. The zero-order valence-electron chi connectivity index (χ0n) is 12.2. The lowest BCUT2D eigenvalue weighted by Gasteiger charge is -2.08. The van der Waals surface area contributed by atoms with Crippen LogP contribution in [0.3, 0.4) is 0 Å². The first-order chi connectivity index (χ1) is 10.0. The summed E-state index contributed by atoms with van der Waals surface area (Å²) in [6.07, 6.45) is 2.43. The van der Waals surface area contributed by atoms with Gasteiger partial charge in [-0.25, -0.2) is 4.98 Å². The first-order valence-corrected chi connectivity index (χ1v) is 7.04. The molecule has 0 fully saturated rings. The fraction of sp³-hybridized carbons (Fsp3) is 0.357. The molecule has 1 amide bonds. The summed E-state index contributed by atoms with van der Waals surface area (Å²) in [5.41, 5.74) is 1.89. The smallest absolute Gasteiger partial charge is 0.259 e. The number of nitrogens with zero attached hydrogens (tertiary/aromatic N) is 2.